The van der Waals surface area contributed by atoms with Gasteiger partial charge in [-0.2, -0.15) is 0 Å². The number of halogens is 3. The molecule has 0 bridgehead atoms. The Balaban J connectivity index is 3.06. The average Bonchev–Trinajstić information content (AvgIpc) is 2.27. The summed E-state index contributed by atoms with van der Waals surface area (Å²) < 4.78 is 28.5. The van der Waals surface area contributed by atoms with Gasteiger partial charge >= 0.3 is 0 Å². The zero-order valence-corrected chi connectivity index (χ0v) is 10.0. The summed E-state index contributed by atoms with van der Waals surface area (Å²) in [7, 11) is 0. The summed E-state index contributed by atoms with van der Waals surface area (Å²) in [5, 5.41) is -0.212. The molecule has 0 radical (unpaired) electrons. The van der Waals surface area contributed by atoms with Crippen LogP contribution in [0.4, 0.5) is 8.78 Å². The summed E-state index contributed by atoms with van der Waals surface area (Å²) in [6, 6.07) is 2.43. The summed E-state index contributed by atoms with van der Waals surface area (Å²) >= 11 is 3.04. The van der Waals surface area contributed by atoms with Crippen LogP contribution in [0.5, 0.6) is 0 Å². The van der Waals surface area contributed by atoms with E-state index < -0.39 is 17.1 Å². The van der Waals surface area contributed by atoms with E-state index in [0.717, 1.165) is 6.07 Å². The van der Waals surface area contributed by atoms with E-state index in [9.17, 15) is 13.6 Å². The number of hydrogen-bond acceptors (Lipinski definition) is 1. The number of rotatable bonds is 1. The molecule has 0 amide bonds. The topological polar surface area (TPSA) is 22.0 Å². The fraction of sp³-hybridized carbons (Fsp3) is 0.182. The van der Waals surface area contributed by atoms with E-state index in [4.69, 9.17) is 0 Å². The summed E-state index contributed by atoms with van der Waals surface area (Å²) in [6.07, 6.45) is 1.57. The SMILES string of the molecule is CCn1cc(Br)c(=O)c2c(F)c(F)ccc21. The highest BCUT2D eigenvalue weighted by molar-refractivity contribution is 9.10. The lowest BCUT2D eigenvalue weighted by Gasteiger charge is -2.09. The summed E-state index contributed by atoms with van der Waals surface area (Å²) in [4.78, 5) is 11.7. The van der Waals surface area contributed by atoms with Crippen LogP contribution in [-0.4, -0.2) is 4.57 Å². The molecule has 0 N–H and O–H groups in total. The van der Waals surface area contributed by atoms with Crippen LogP contribution in [0, 0.1) is 11.6 Å². The number of nitrogens with zero attached hydrogens (tertiary/aromatic N) is 1. The summed E-state index contributed by atoms with van der Waals surface area (Å²) in [5.41, 5.74) is -0.133. The van der Waals surface area contributed by atoms with Gasteiger partial charge in [0.1, 0.15) is 0 Å². The van der Waals surface area contributed by atoms with Gasteiger partial charge in [0.25, 0.3) is 0 Å². The quantitative estimate of drug-likeness (QED) is 0.790. The fourth-order valence-electron chi connectivity index (χ4n) is 1.64. The van der Waals surface area contributed by atoms with Crippen LogP contribution in [0.2, 0.25) is 0 Å². The van der Waals surface area contributed by atoms with Gasteiger partial charge in [-0.3, -0.25) is 4.79 Å². The molecule has 0 aliphatic heterocycles. The van der Waals surface area contributed by atoms with Gasteiger partial charge in [0.05, 0.1) is 15.4 Å². The third-order valence-corrected chi connectivity index (χ3v) is 3.00. The van der Waals surface area contributed by atoms with E-state index in [1.807, 2.05) is 6.92 Å². The highest BCUT2D eigenvalue weighted by atomic mass is 79.9. The van der Waals surface area contributed by atoms with Crippen LogP contribution in [0.25, 0.3) is 10.9 Å². The van der Waals surface area contributed by atoms with Gasteiger partial charge in [0, 0.05) is 12.7 Å². The van der Waals surface area contributed by atoms with Crippen molar-refractivity contribution in [3.8, 4) is 0 Å². The zero-order chi connectivity index (χ0) is 11.9. The number of fused-ring (bicyclic) bond motifs is 1. The molecule has 1 aromatic heterocycles. The van der Waals surface area contributed by atoms with Crippen molar-refractivity contribution in [1.82, 2.24) is 4.57 Å². The molecule has 5 heteroatoms. The van der Waals surface area contributed by atoms with Gasteiger partial charge in [-0.15, -0.1) is 0 Å². The first kappa shape index (κ1) is 11.3. The molecule has 2 aromatic rings. The van der Waals surface area contributed by atoms with Crippen molar-refractivity contribution in [2.75, 3.05) is 0 Å². The number of hydrogen-bond donors (Lipinski definition) is 0. The molecule has 0 aliphatic rings. The molecule has 84 valence electrons. The van der Waals surface area contributed by atoms with Crippen molar-refractivity contribution in [2.24, 2.45) is 0 Å². The van der Waals surface area contributed by atoms with Gasteiger partial charge in [0.15, 0.2) is 11.6 Å². The standard InChI is InChI=1S/C11H8BrF2NO/c1-2-15-5-6(12)11(16)9-8(15)4-3-7(13)10(9)14/h3-5H,2H2,1H3. The second kappa shape index (κ2) is 3.97. The van der Waals surface area contributed by atoms with Crippen molar-refractivity contribution in [3.63, 3.8) is 0 Å². The third kappa shape index (κ3) is 1.55. The van der Waals surface area contributed by atoms with E-state index in [-0.39, 0.29) is 9.86 Å². The maximum atomic E-state index is 13.5. The predicted octanol–water partition coefficient (Wildman–Crippen LogP) is 3.06. The highest BCUT2D eigenvalue weighted by Gasteiger charge is 2.14. The van der Waals surface area contributed by atoms with Crippen molar-refractivity contribution >= 4 is 26.8 Å². The van der Waals surface area contributed by atoms with E-state index in [1.165, 1.54) is 6.07 Å². The minimum absolute atomic E-state index is 0.212. The van der Waals surface area contributed by atoms with Gasteiger partial charge in [-0.05, 0) is 35.0 Å². The summed E-state index contributed by atoms with van der Waals surface area (Å²) in [5.74, 6) is -2.10. The molecule has 0 atom stereocenters. The van der Waals surface area contributed by atoms with Crippen molar-refractivity contribution in [1.29, 1.82) is 0 Å². The molecule has 0 aliphatic carbocycles. The number of aryl methyl sites for hydroxylation is 1. The smallest absolute Gasteiger partial charge is 0.206 e. The van der Waals surface area contributed by atoms with E-state index in [1.54, 1.807) is 10.8 Å². The molecule has 0 saturated carbocycles. The average molecular weight is 288 g/mol. The Bertz CT molecular complexity index is 621. The first-order valence-corrected chi connectivity index (χ1v) is 5.52. The monoisotopic (exact) mass is 287 g/mol. The first-order valence-electron chi connectivity index (χ1n) is 4.73. The van der Waals surface area contributed by atoms with Crippen LogP contribution >= 0.6 is 15.9 Å². The maximum absolute atomic E-state index is 13.5. The van der Waals surface area contributed by atoms with Gasteiger partial charge in [0.2, 0.25) is 5.43 Å². The second-order valence-corrected chi connectivity index (χ2v) is 4.20. The van der Waals surface area contributed by atoms with Crippen LogP contribution < -0.4 is 5.43 Å². The largest absolute Gasteiger partial charge is 0.346 e. The Morgan fingerprint density at radius 1 is 1.38 bits per heavy atom. The minimum atomic E-state index is -1.09. The lowest BCUT2D eigenvalue weighted by molar-refractivity contribution is 0.516. The second-order valence-electron chi connectivity index (χ2n) is 3.35. The summed E-state index contributed by atoms with van der Waals surface area (Å²) in [6.45, 7) is 2.43. The van der Waals surface area contributed by atoms with Gasteiger partial charge in [-0.25, -0.2) is 8.78 Å². The Morgan fingerprint density at radius 2 is 2.06 bits per heavy atom. The van der Waals surface area contributed by atoms with Crippen molar-refractivity contribution in [3.05, 3.63) is 44.7 Å². The Kier molecular flexibility index (Phi) is 2.80. The number of aromatic nitrogens is 1. The van der Waals surface area contributed by atoms with Crippen LogP contribution in [0.1, 0.15) is 6.92 Å². The normalized spacial score (nSPS) is 11.0. The molecule has 0 saturated heterocycles. The molecule has 1 heterocycles. The van der Waals surface area contributed by atoms with Crippen LogP contribution in [0.15, 0.2) is 27.6 Å². The molecule has 2 nitrogen and oxygen atoms in total. The minimum Gasteiger partial charge on any atom is -0.346 e. The third-order valence-electron chi connectivity index (χ3n) is 2.44. The molecule has 2 rings (SSSR count). The van der Waals surface area contributed by atoms with E-state index in [2.05, 4.69) is 15.9 Å². The molecule has 0 fully saturated rings. The number of pyridine rings is 1. The highest BCUT2D eigenvalue weighted by Crippen LogP contribution is 2.19. The maximum Gasteiger partial charge on any atom is 0.206 e. The van der Waals surface area contributed by atoms with E-state index in [0.29, 0.717) is 12.1 Å². The lowest BCUT2D eigenvalue weighted by atomic mass is 10.2. The molecular formula is C11H8BrF2NO. The van der Waals surface area contributed by atoms with Gasteiger partial charge < -0.3 is 4.57 Å². The molecule has 16 heavy (non-hydrogen) atoms. The van der Waals surface area contributed by atoms with Crippen LogP contribution in [0.3, 0.4) is 0 Å². The van der Waals surface area contributed by atoms with E-state index >= 15 is 0 Å². The zero-order valence-electron chi connectivity index (χ0n) is 8.43. The molecule has 0 spiro atoms. The number of benzene rings is 1. The fourth-order valence-corrected chi connectivity index (χ4v) is 2.09. The van der Waals surface area contributed by atoms with Gasteiger partial charge in [-0.1, -0.05) is 0 Å². The Hall–Kier alpha value is -1.23. The predicted molar refractivity (Wildman–Crippen MR) is 61.5 cm³/mol. The Labute approximate surface area is 98.6 Å². The van der Waals surface area contributed by atoms with Crippen molar-refractivity contribution in [2.45, 2.75) is 13.5 Å². The molecular weight excluding hydrogens is 280 g/mol. The first-order chi connectivity index (χ1) is 7.56. The Morgan fingerprint density at radius 3 is 2.69 bits per heavy atom. The van der Waals surface area contributed by atoms with Crippen LogP contribution in [-0.2, 0) is 6.54 Å². The lowest BCUT2D eigenvalue weighted by Crippen LogP contribution is -2.12. The molecule has 0 unspecified atom stereocenters. The molecule has 1 aromatic carbocycles. The van der Waals surface area contributed by atoms with Crippen molar-refractivity contribution < 1.29 is 8.78 Å².